The van der Waals surface area contributed by atoms with Gasteiger partial charge in [0.25, 0.3) is 0 Å². The number of nitrogens with one attached hydrogen (secondary N) is 2. The molecule has 2 aromatic heterocycles. The summed E-state index contributed by atoms with van der Waals surface area (Å²) in [5.74, 6) is 1.76. The molecule has 1 unspecified atom stereocenters. The Morgan fingerprint density at radius 1 is 1.18 bits per heavy atom. The summed E-state index contributed by atoms with van der Waals surface area (Å²) in [7, 11) is 1.74. The highest BCUT2D eigenvalue weighted by Crippen LogP contribution is 2.20. The zero-order chi connectivity index (χ0) is 22.3. The fraction of sp³-hybridized carbons (Fsp3) is 0.217. The standard InChI is InChI=1S/C23H24ClN7O.HI/c1-16(17-6-4-9-20(15-17)31-13-5-11-27-31)28-23(25-2)26-12-10-21-29-22(30-32-21)18-7-3-8-19(24)14-18;/h3-9,11,13-16H,10,12H2,1-2H3,(H2,25,26,28);1H. The molecule has 0 bridgehead atoms. The molecule has 1 atom stereocenters. The van der Waals surface area contributed by atoms with Gasteiger partial charge in [0, 0.05) is 43.0 Å². The molecule has 0 aliphatic carbocycles. The van der Waals surface area contributed by atoms with Crippen LogP contribution in [0.3, 0.4) is 0 Å². The minimum atomic E-state index is 0. The second-order valence-electron chi connectivity index (χ2n) is 7.18. The van der Waals surface area contributed by atoms with E-state index in [4.69, 9.17) is 16.1 Å². The van der Waals surface area contributed by atoms with E-state index in [1.54, 1.807) is 13.2 Å². The number of hydrogen-bond donors (Lipinski definition) is 2. The summed E-state index contributed by atoms with van der Waals surface area (Å²) in [6.07, 6.45) is 4.26. The van der Waals surface area contributed by atoms with E-state index >= 15 is 0 Å². The van der Waals surface area contributed by atoms with Gasteiger partial charge in [0.1, 0.15) is 0 Å². The first-order chi connectivity index (χ1) is 15.6. The summed E-state index contributed by atoms with van der Waals surface area (Å²) >= 11 is 6.04. The molecule has 33 heavy (non-hydrogen) atoms. The Morgan fingerprint density at radius 2 is 2.03 bits per heavy atom. The molecule has 0 saturated heterocycles. The van der Waals surface area contributed by atoms with Crippen LogP contribution in [0.15, 0.2) is 76.5 Å². The Labute approximate surface area is 214 Å². The largest absolute Gasteiger partial charge is 0.356 e. The summed E-state index contributed by atoms with van der Waals surface area (Å²) in [6, 6.07) is 17.6. The van der Waals surface area contributed by atoms with E-state index in [1.807, 2.05) is 53.3 Å². The molecule has 0 aliphatic heterocycles. The van der Waals surface area contributed by atoms with Crippen LogP contribution in [0.2, 0.25) is 5.02 Å². The van der Waals surface area contributed by atoms with Crippen molar-refractivity contribution in [1.29, 1.82) is 0 Å². The van der Waals surface area contributed by atoms with E-state index in [1.165, 1.54) is 0 Å². The van der Waals surface area contributed by atoms with Crippen LogP contribution in [0, 0.1) is 0 Å². The van der Waals surface area contributed by atoms with Gasteiger partial charge in [-0.3, -0.25) is 4.99 Å². The lowest BCUT2D eigenvalue weighted by Crippen LogP contribution is -2.39. The monoisotopic (exact) mass is 577 g/mol. The maximum Gasteiger partial charge on any atom is 0.228 e. The maximum absolute atomic E-state index is 6.04. The van der Waals surface area contributed by atoms with Crippen molar-refractivity contribution in [3.05, 3.63) is 83.5 Å². The van der Waals surface area contributed by atoms with E-state index < -0.39 is 0 Å². The molecule has 0 aliphatic rings. The van der Waals surface area contributed by atoms with E-state index in [2.05, 4.69) is 49.9 Å². The van der Waals surface area contributed by atoms with E-state index in [0.717, 1.165) is 16.8 Å². The van der Waals surface area contributed by atoms with Crippen molar-refractivity contribution < 1.29 is 4.52 Å². The van der Waals surface area contributed by atoms with Gasteiger partial charge in [-0.05, 0) is 42.8 Å². The highest BCUT2D eigenvalue weighted by Gasteiger charge is 2.11. The van der Waals surface area contributed by atoms with Crippen molar-refractivity contribution in [3.63, 3.8) is 0 Å². The first kappa shape index (κ1) is 24.7. The molecule has 2 heterocycles. The average Bonchev–Trinajstić information content (AvgIpc) is 3.51. The third-order valence-corrected chi connectivity index (χ3v) is 5.13. The lowest BCUT2D eigenvalue weighted by atomic mass is 10.1. The van der Waals surface area contributed by atoms with Crippen LogP contribution < -0.4 is 10.6 Å². The van der Waals surface area contributed by atoms with E-state index in [0.29, 0.717) is 35.7 Å². The van der Waals surface area contributed by atoms with Gasteiger partial charge in [-0.15, -0.1) is 24.0 Å². The molecule has 10 heteroatoms. The molecule has 0 radical (unpaired) electrons. The van der Waals surface area contributed by atoms with E-state index in [9.17, 15) is 0 Å². The van der Waals surface area contributed by atoms with Crippen LogP contribution in [0.5, 0.6) is 0 Å². The number of rotatable bonds is 7. The quantitative estimate of drug-likeness (QED) is 0.189. The van der Waals surface area contributed by atoms with Crippen molar-refractivity contribution in [2.75, 3.05) is 13.6 Å². The van der Waals surface area contributed by atoms with Crippen molar-refractivity contribution >= 4 is 41.5 Å². The number of nitrogens with zero attached hydrogens (tertiary/aromatic N) is 5. The lowest BCUT2D eigenvalue weighted by molar-refractivity contribution is 0.378. The third kappa shape index (κ3) is 6.55. The average molecular weight is 578 g/mol. The second-order valence-corrected chi connectivity index (χ2v) is 7.62. The summed E-state index contributed by atoms with van der Waals surface area (Å²) < 4.78 is 7.20. The number of hydrogen-bond acceptors (Lipinski definition) is 5. The third-order valence-electron chi connectivity index (χ3n) is 4.90. The van der Waals surface area contributed by atoms with Gasteiger partial charge in [-0.25, -0.2) is 4.68 Å². The van der Waals surface area contributed by atoms with Crippen molar-refractivity contribution in [1.82, 2.24) is 30.6 Å². The van der Waals surface area contributed by atoms with Crippen LogP contribution in [0.4, 0.5) is 0 Å². The maximum atomic E-state index is 6.04. The van der Waals surface area contributed by atoms with Crippen LogP contribution in [0.25, 0.3) is 17.1 Å². The number of aliphatic imine (C=N–C) groups is 1. The Morgan fingerprint density at radius 3 is 2.79 bits per heavy atom. The van der Waals surface area contributed by atoms with Gasteiger partial charge in [0.15, 0.2) is 5.96 Å². The molecule has 0 fully saturated rings. The SMILES string of the molecule is CN=C(NCCc1nc(-c2cccc(Cl)c2)no1)NC(C)c1cccc(-n2cccn2)c1.I. The molecular weight excluding hydrogens is 553 g/mol. The minimum Gasteiger partial charge on any atom is -0.356 e. The number of halogens is 2. The Hall–Kier alpha value is -2.92. The zero-order valence-corrected chi connectivity index (χ0v) is 21.4. The molecule has 0 amide bonds. The minimum absolute atomic E-state index is 0. The predicted molar refractivity (Wildman–Crippen MR) is 140 cm³/mol. The molecule has 0 spiro atoms. The van der Waals surface area contributed by atoms with Gasteiger partial charge in [-0.2, -0.15) is 10.1 Å². The fourth-order valence-electron chi connectivity index (χ4n) is 3.23. The van der Waals surface area contributed by atoms with Crippen LogP contribution in [0.1, 0.15) is 24.4 Å². The van der Waals surface area contributed by atoms with Gasteiger partial charge in [-0.1, -0.05) is 41.0 Å². The highest BCUT2D eigenvalue weighted by molar-refractivity contribution is 14.0. The summed E-state index contributed by atoms with van der Waals surface area (Å²) in [4.78, 5) is 8.76. The van der Waals surface area contributed by atoms with Crippen molar-refractivity contribution in [3.8, 4) is 17.1 Å². The molecule has 0 saturated carbocycles. The lowest BCUT2D eigenvalue weighted by Gasteiger charge is -2.18. The van der Waals surface area contributed by atoms with Gasteiger partial charge in [0.2, 0.25) is 11.7 Å². The number of aromatic nitrogens is 4. The van der Waals surface area contributed by atoms with Crippen molar-refractivity contribution in [2.45, 2.75) is 19.4 Å². The Bertz CT molecular complexity index is 1190. The van der Waals surface area contributed by atoms with E-state index in [-0.39, 0.29) is 30.0 Å². The molecule has 4 aromatic rings. The fourth-order valence-corrected chi connectivity index (χ4v) is 3.42. The predicted octanol–water partition coefficient (Wildman–Crippen LogP) is 4.66. The first-order valence-corrected chi connectivity index (χ1v) is 10.7. The summed E-state index contributed by atoms with van der Waals surface area (Å²) in [5, 5.41) is 15.7. The van der Waals surface area contributed by atoms with Gasteiger partial charge >= 0.3 is 0 Å². The zero-order valence-electron chi connectivity index (χ0n) is 18.3. The first-order valence-electron chi connectivity index (χ1n) is 10.3. The Kier molecular flexibility index (Phi) is 8.84. The van der Waals surface area contributed by atoms with Crippen LogP contribution >= 0.6 is 35.6 Å². The van der Waals surface area contributed by atoms with Gasteiger partial charge < -0.3 is 15.2 Å². The Balaban J connectivity index is 0.00000306. The molecule has 2 N–H and O–H groups in total. The highest BCUT2D eigenvalue weighted by atomic mass is 127. The number of guanidine groups is 1. The van der Waals surface area contributed by atoms with Crippen LogP contribution in [-0.4, -0.2) is 39.5 Å². The summed E-state index contributed by atoms with van der Waals surface area (Å²) in [6.45, 7) is 2.68. The van der Waals surface area contributed by atoms with Gasteiger partial charge in [0.05, 0.1) is 11.7 Å². The second kappa shape index (κ2) is 11.8. The molecule has 2 aromatic carbocycles. The summed E-state index contributed by atoms with van der Waals surface area (Å²) in [5.41, 5.74) is 2.96. The van der Waals surface area contributed by atoms with Crippen molar-refractivity contribution in [2.24, 2.45) is 4.99 Å². The molecule has 8 nitrogen and oxygen atoms in total. The molecule has 4 rings (SSSR count). The molecule has 172 valence electrons. The molecular formula is C23H25ClIN7O. The topological polar surface area (TPSA) is 93.2 Å². The smallest absolute Gasteiger partial charge is 0.228 e. The number of benzene rings is 2. The van der Waals surface area contributed by atoms with Crippen LogP contribution in [-0.2, 0) is 6.42 Å². The normalized spacial score (nSPS) is 12.2.